The molecule has 0 bridgehead atoms. The van der Waals surface area contributed by atoms with Crippen molar-refractivity contribution in [1.82, 2.24) is 0 Å². The first-order valence-corrected chi connectivity index (χ1v) is 20.3. The molecule has 0 aliphatic heterocycles. The number of nitrogens with zero attached hydrogens (tertiary/aromatic N) is 1. The minimum Gasteiger partial charge on any atom is -0.310 e. The summed E-state index contributed by atoms with van der Waals surface area (Å²) in [6.45, 7) is 4.46. The van der Waals surface area contributed by atoms with Crippen molar-refractivity contribution in [2.45, 2.75) is 19.3 Å². The lowest BCUT2D eigenvalue weighted by Crippen LogP contribution is -2.26. The molecule has 2 aliphatic rings. The lowest BCUT2D eigenvalue weighted by Gasteiger charge is -2.32. The highest BCUT2D eigenvalue weighted by Gasteiger charge is 2.52. The molecule has 1 nitrogen and oxygen atoms in total. The monoisotopic (exact) mass is 737 g/mol. The molecule has 58 heavy (non-hydrogen) atoms. The van der Waals surface area contributed by atoms with Gasteiger partial charge in [-0.05, 0) is 138 Å². The molecule has 0 heterocycles. The zero-order chi connectivity index (χ0) is 38.5. The molecule has 0 atom stereocenters. The number of hydrogen-bond donors (Lipinski definition) is 0. The van der Waals surface area contributed by atoms with Gasteiger partial charge in [-0.25, -0.2) is 0 Å². The molecule has 0 saturated heterocycles. The van der Waals surface area contributed by atoms with E-state index in [4.69, 9.17) is 0 Å². The fourth-order valence-corrected chi connectivity index (χ4v) is 10.5. The molecule has 12 rings (SSSR count). The highest BCUT2D eigenvalue weighted by Crippen LogP contribution is 2.63. The van der Waals surface area contributed by atoms with E-state index in [0.29, 0.717) is 0 Å². The summed E-state index contributed by atoms with van der Waals surface area (Å²) in [5.74, 6) is 0. The summed E-state index contributed by atoms with van der Waals surface area (Å²) in [6, 6.07) is 75.0. The molecular weight excluding hydrogens is 699 g/mol. The summed E-state index contributed by atoms with van der Waals surface area (Å²) in [5, 5.41) is 7.65. The molecule has 1 heteroatoms. The SMILES string of the molecule is Cc1ccc2c(c1)C1(c3ccccc3-c3ccc(N(c4ccc(-c5ccccc5)cc4)c4ccc5c6ccccc6c6ccccc6c5c4)cc31)c1cc(C)ccc1-2. The number of rotatable bonds is 4. The minimum atomic E-state index is -0.439. The first-order chi connectivity index (χ1) is 28.6. The van der Waals surface area contributed by atoms with E-state index in [1.54, 1.807) is 0 Å². The van der Waals surface area contributed by atoms with Gasteiger partial charge in [0, 0.05) is 17.1 Å². The second-order valence-electron chi connectivity index (χ2n) is 16.2. The van der Waals surface area contributed by atoms with Gasteiger partial charge in [-0.3, -0.25) is 0 Å². The van der Waals surface area contributed by atoms with Crippen molar-refractivity contribution in [3.05, 3.63) is 234 Å². The van der Waals surface area contributed by atoms with Crippen LogP contribution in [0.3, 0.4) is 0 Å². The fourth-order valence-electron chi connectivity index (χ4n) is 10.5. The fraction of sp³-hybridized carbons (Fsp3) is 0.0526. The molecule has 2 aliphatic carbocycles. The zero-order valence-corrected chi connectivity index (χ0v) is 32.5. The number of aryl methyl sites for hydroxylation is 2. The van der Waals surface area contributed by atoms with Crippen molar-refractivity contribution in [3.63, 3.8) is 0 Å². The van der Waals surface area contributed by atoms with E-state index in [1.807, 2.05) is 0 Å². The van der Waals surface area contributed by atoms with Crippen molar-refractivity contribution >= 4 is 49.4 Å². The third-order valence-electron chi connectivity index (χ3n) is 13.0. The molecule has 10 aromatic rings. The Kier molecular flexibility index (Phi) is 7.04. The van der Waals surface area contributed by atoms with Crippen molar-refractivity contribution in [3.8, 4) is 33.4 Å². The van der Waals surface area contributed by atoms with Crippen molar-refractivity contribution in [1.29, 1.82) is 0 Å². The van der Waals surface area contributed by atoms with E-state index < -0.39 is 5.41 Å². The van der Waals surface area contributed by atoms with Crippen molar-refractivity contribution in [2.75, 3.05) is 4.90 Å². The van der Waals surface area contributed by atoms with Gasteiger partial charge in [0.1, 0.15) is 0 Å². The Morgan fingerprint density at radius 2 is 0.724 bits per heavy atom. The van der Waals surface area contributed by atoms with Crippen LogP contribution in [0.4, 0.5) is 17.1 Å². The Labute approximate surface area is 339 Å². The average Bonchev–Trinajstić information content (AvgIpc) is 3.73. The number of benzene rings is 10. The van der Waals surface area contributed by atoms with Crippen molar-refractivity contribution < 1.29 is 0 Å². The molecule has 272 valence electrons. The third-order valence-corrected chi connectivity index (χ3v) is 13.0. The van der Waals surface area contributed by atoms with E-state index in [1.165, 1.54) is 99.1 Å². The Morgan fingerprint density at radius 3 is 1.36 bits per heavy atom. The zero-order valence-electron chi connectivity index (χ0n) is 32.5. The van der Waals surface area contributed by atoms with Crippen molar-refractivity contribution in [2.24, 2.45) is 0 Å². The highest BCUT2D eigenvalue weighted by molar-refractivity contribution is 6.25. The van der Waals surface area contributed by atoms with E-state index >= 15 is 0 Å². The van der Waals surface area contributed by atoms with E-state index in [-0.39, 0.29) is 0 Å². The van der Waals surface area contributed by atoms with Gasteiger partial charge in [-0.2, -0.15) is 0 Å². The maximum atomic E-state index is 2.51. The second-order valence-corrected chi connectivity index (χ2v) is 16.2. The van der Waals surface area contributed by atoms with Crippen LogP contribution in [0.5, 0.6) is 0 Å². The van der Waals surface area contributed by atoms with Crippen LogP contribution in [0.15, 0.2) is 200 Å². The first-order valence-electron chi connectivity index (χ1n) is 20.3. The maximum absolute atomic E-state index is 2.51. The summed E-state index contributed by atoms with van der Waals surface area (Å²) in [4.78, 5) is 2.47. The van der Waals surface area contributed by atoms with Crippen LogP contribution in [0.1, 0.15) is 33.4 Å². The quantitative estimate of drug-likeness (QED) is 0.163. The summed E-state index contributed by atoms with van der Waals surface area (Å²) >= 11 is 0. The number of anilines is 3. The largest absolute Gasteiger partial charge is 0.310 e. The standard InChI is InChI=1S/C57H39N/c1-36-20-28-49-50-29-21-37(2)33-55(50)57(54(49)32-36)53-19-11-10-18-48(53)51-31-27-42(35-56(51)57)58(40-24-22-39(23-25-40)38-12-4-3-5-13-38)41-26-30-47-45-16-7-6-14-43(45)44-15-8-9-17-46(44)52(47)34-41/h3-35H,1-2H3. The molecule has 10 aromatic carbocycles. The van der Waals surface area contributed by atoms with Crippen LogP contribution in [0, 0.1) is 13.8 Å². The molecule has 0 fully saturated rings. The van der Waals surface area contributed by atoms with Gasteiger partial charge in [-0.1, -0.05) is 175 Å². The Morgan fingerprint density at radius 1 is 0.293 bits per heavy atom. The molecule has 0 aromatic heterocycles. The summed E-state index contributed by atoms with van der Waals surface area (Å²) < 4.78 is 0. The number of fused-ring (bicyclic) bond motifs is 16. The lowest BCUT2D eigenvalue weighted by atomic mass is 9.70. The van der Waals surface area contributed by atoms with Crippen LogP contribution in [0.2, 0.25) is 0 Å². The number of hydrogen-bond acceptors (Lipinski definition) is 1. The molecule has 0 radical (unpaired) electrons. The van der Waals surface area contributed by atoms with E-state index in [2.05, 4.69) is 219 Å². The Bertz CT molecular complexity index is 3210. The van der Waals surface area contributed by atoms with E-state index in [0.717, 1.165) is 17.1 Å². The predicted octanol–water partition coefficient (Wildman–Crippen LogP) is 15.2. The van der Waals surface area contributed by atoms with Crippen LogP contribution in [-0.2, 0) is 5.41 Å². The molecule has 0 saturated carbocycles. The molecule has 1 spiro atoms. The maximum Gasteiger partial charge on any atom is 0.0726 e. The third kappa shape index (κ3) is 4.59. The van der Waals surface area contributed by atoms with Gasteiger partial charge >= 0.3 is 0 Å². The van der Waals surface area contributed by atoms with Gasteiger partial charge in [0.15, 0.2) is 0 Å². The molecule has 0 unspecified atom stereocenters. The second kappa shape index (κ2) is 12.4. The molecule has 0 amide bonds. The van der Waals surface area contributed by atoms with Gasteiger partial charge in [0.05, 0.1) is 5.41 Å². The Hall–Kier alpha value is -7.22. The average molecular weight is 738 g/mol. The van der Waals surface area contributed by atoms with Crippen LogP contribution < -0.4 is 4.90 Å². The summed E-state index contributed by atoms with van der Waals surface area (Å²) in [6.07, 6.45) is 0. The van der Waals surface area contributed by atoms with Crippen LogP contribution >= 0.6 is 0 Å². The predicted molar refractivity (Wildman–Crippen MR) is 245 cm³/mol. The van der Waals surface area contributed by atoms with Gasteiger partial charge in [-0.15, -0.1) is 0 Å². The lowest BCUT2D eigenvalue weighted by molar-refractivity contribution is 0.791. The first kappa shape index (κ1) is 33.0. The summed E-state index contributed by atoms with van der Waals surface area (Å²) in [7, 11) is 0. The summed E-state index contributed by atoms with van der Waals surface area (Å²) in [5.41, 5.74) is 18.6. The molecule has 0 N–H and O–H groups in total. The van der Waals surface area contributed by atoms with Gasteiger partial charge < -0.3 is 4.90 Å². The van der Waals surface area contributed by atoms with Gasteiger partial charge in [0.25, 0.3) is 0 Å². The van der Waals surface area contributed by atoms with Crippen LogP contribution in [-0.4, -0.2) is 0 Å². The highest BCUT2D eigenvalue weighted by atomic mass is 15.1. The van der Waals surface area contributed by atoms with E-state index in [9.17, 15) is 0 Å². The normalized spacial score (nSPS) is 13.1. The Balaban J connectivity index is 1.14. The topological polar surface area (TPSA) is 3.24 Å². The van der Waals surface area contributed by atoms with Crippen LogP contribution in [0.25, 0.3) is 65.7 Å². The molecular formula is C57H39N. The smallest absolute Gasteiger partial charge is 0.0726 e. The van der Waals surface area contributed by atoms with Gasteiger partial charge in [0.2, 0.25) is 0 Å². The minimum absolute atomic E-state index is 0.439.